The van der Waals surface area contributed by atoms with E-state index in [1.54, 1.807) is 6.21 Å². The number of carbonyl (C=O) groups is 1. The van der Waals surface area contributed by atoms with Gasteiger partial charge in [0.25, 0.3) is 0 Å². The molecule has 0 fully saturated rings. The molecule has 0 aliphatic rings. The molecule has 58 valence electrons. The zero-order valence-electron chi connectivity index (χ0n) is 6.72. The van der Waals surface area contributed by atoms with Gasteiger partial charge in [-0.3, -0.25) is 4.79 Å². The molecule has 0 aliphatic carbocycles. The molecular formula is C7H14N2O. The Morgan fingerprint density at radius 2 is 2.40 bits per heavy atom. The Hall–Kier alpha value is -0.860. The summed E-state index contributed by atoms with van der Waals surface area (Å²) in [5.74, 6) is 0.311. The monoisotopic (exact) mass is 142 g/mol. The summed E-state index contributed by atoms with van der Waals surface area (Å²) in [4.78, 5) is 10.3. The maximum Gasteiger partial charge on any atom is 0.236 e. The van der Waals surface area contributed by atoms with Gasteiger partial charge in [-0.1, -0.05) is 13.8 Å². The van der Waals surface area contributed by atoms with Crippen molar-refractivity contribution < 1.29 is 4.79 Å². The highest BCUT2D eigenvalue weighted by molar-refractivity contribution is 5.74. The van der Waals surface area contributed by atoms with Crippen LogP contribution in [0.2, 0.25) is 0 Å². The van der Waals surface area contributed by atoms with Crippen molar-refractivity contribution in [2.45, 2.75) is 27.2 Å². The van der Waals surface area contributed by atoms with Gasteiger partial charge in [-0.05, 0) is 12.3 Å². The SMILES string of the molecule is CCC(C)/C=N/NC(C)=O. The molecule has 0 aromatic rings. The number of hydrogen-bond acceptors (Lipinski definition) is 2. The Bertz CT molecular complexity index is 132. The van der Waals surface area contributed by atoms with E-state index in [9.17, 15) is 4.79 Å². The molecule has 1 amide bonds. The molecule has 0 radical (unpaired) electrons. The lowest BCUT2D eigenvalue weighted by Crippen LogP contribution is -2.13. The van der Waals surface area contributed by atoms with Crippen molar-refractivity contribution in [2.75, 3.05) is 0 Å². The summed E-state index contributed by atoms with van der Waals surface area (Å²) in [5.41, 5.74) is 2.34. The molecule has 0 spiro atoms. The van der Waals surface area contributed by atoms with Crippen LogP contribution in [0.3, 0.4) is 0 Å². The Labute approximate surface area is 61.5 Å². The molecular weight excluding hydrogens is 128 g/mol. The Balaban J connectivity index is 3.45. The van der Waals surface area contributed by atoms with Gasteiger partial charge in [-0.25, -0.2) is 5.43 Å². The van der Waals surface area contributed by atoms with Gasteiger partial charge in [0, 0.05) is 13.1 Å². The number of nitrogens with zero attached hydrogens (tertiary/aromatic N) is 1. The van der Waals surface area contributed by atoms with E-state index >= 15 is 0 Å². The van der Waals surface area contributed by atoms with E-state index in [4.69, 9.17) is 0 Å². The van der Waals surface area contributed by atoms with Crippen molar-refractivity contribution in [3.8, 4) is 0 Å². The fraction of sp³-hybridized carbons (Fsp3) is 0.714. The third-order valence-corrected chi connectivity index (χ3v) is 1.19. The fourth-order valence-corrected chi connectivity index (χ4v) is 0.361. The lowest BCUT2D eigenvalue weighted by atomic mass is 10.1. The van der Waals surface area contributed by atoms with Crippen LogP contribution >= 0.6 is 0 Å². The molecule has 3 nitrogen and oxygen atoms in total. The maximum atomic E-state index is 10.3. The number of hydrazone groups is 1. The van der Waals surface area contributed by atoms with Gasteiger partial charge >= 0.3 is 0 Å². The highest BCUT2D eigenvalue weighted by Gasteiger charge is 1.90. The quantitative estimate of drug-likeness (QED) is 0.466. The normalized spacial score (nSPS) is 13.5. The van der Waals surface area contributed by atoms with Crippen LogP contribution in [-0.4, -0.2) is 12.1 Å². The summed E-state index contributed by atoms with van der Waals surface area (Å²) >= 11 is 0. The zero-order chi connectivity index (χ0) is 7.98. The van der Waals surface area contributed by atoms with Crippen LogP contribution in [0.1, 0.15) is 27.2 Å². The van der Waals surface area contributed by atoms with Gasteiger partial charge in [0.05, 0.1) is 0 Å². The minimum atomic E-state index is -0.125. The fourth-order valence-electron chi connectivity index (χ4n) is 0.361. The van der Waals surface area contributed by atoms with E-state index in [1.165, 1.54) is 6.92 Å². The highest BCUT2D eigenvalue weighted by atomic mass is 16.2. The maximum absolute atomic E-state index is 10.3. The average Bonchev–Trinajstić information content (AvgIpc) is 1.87. The number of hydrogen-bond donors (Lipinski definition) is 1. The van der Waals surface area contributed by atoms with Crippen molar-refractivity contribution in [2.24, 2.45) is 11.0 Å². The molecule has 0 aromatic carbocycles. The van der Waals surface area contributed by atoms with E-state index in [0.29, 0.717) is 5.92 Å². The van der Waals surface area contributed by atoms with Crippen LogP contribution in [0.4, 0.5) is 0 Å². The third kappa shape index (κ3) is 5.28. The first kappa shape index (κ1) is 9.14. The van der Waals surface area contributed by atoms with E-state index in [2.05, 4.69) is 17.5 Å². The first-order valence-electron chi connectivity index (χ1n) is 3.46. The topological polar surface area (TPSA) is 41.5 Å². The molecule has 0 saturated heterocycles. The number of nitrogens with one attached hydrogen (secondary N) is 1. The van der Waals surface area contributed by atoms with Crippen molar-refractivity contribution in [3.05, 3.63) is 0 Å². The predicted molar refractivity (Wildman–Crippen MR) is 41.8 cm³/mol. The summed E-state index contributed by atoms with van der Waals surface area (Å²) in [6.07, 6.45) is 2.78. The summed E-state index contributed by atoms with van der Waals surface area (Å²) < 4.78 is 0. The van der Waals surface area contributed by atoms with Crippen molar-refractivity contribution >= 4 is 12.1 Å². The smallest absolute Gasteiger partial charge is 0.236 e. The molecule has 0 saturated carbocycles. The first-order chi connectivity index (χ1) is 4.66. The predicted octanol–water partition coefficient (Wildman–Crippen LogP) is 1.15. The Kier molecular flexibility index (Phi) is 4.54. The second-order valence-electron chi connectivity index (χ2n) is 2.33. The standard InChI is InChI=1S/C7H14N2O/c1-4-6(2)5-8-9-7(3)10/h5-6H,4H2,1-3H3,(H,9,10)/b8-5+. The van der Waals surface area contributed by atoms with Gasteiger partial charge in [0.1, 0.15) is 0 Å². The summed E-state index contributed by atoms with van der Waals surface area (Å²) in [5, 5.41) is 3.72. The molecule has 1 unspecified atom stereocenters. The lowest BCUT2D eigenvalue weighted by molar-refractivity contribution is -0.118. The molecule has 1 N–H and O–H groups in total. The van der Waals surface area contributed by atoms with Crippen LogP contribution in [0.25, 0.3) is 0 Å². The largest absolute Gasteiger partial charge is 0.274 e. The van der Waals surface area contributed by atoms with Gasteiger partial charge in [0.15, 0.2) is 0 Å². The number of carbonyl (C=O) groups excluding carboxylic acids is 1. The van der Waals surface area contributed by atoms with E-state index in [0.717, 1.165) is 6.42 Å². The zero-order valence-corrected chi connectivity index (χ0v) is 6.72. The Morgan fingerprint density at radius 3 is 2.80 bits per heavy atom. The van der Waals surface area contributed by atoms with Crippen molar-refractivity contribution in [1.82, 2.24) is 5.43 Å². The molecule has 0 rings (SSSR count). The van der Waals surface area contributed by atoms with Gasteiger partial charge in [0.2, 0.25) is 5.91 Å². The molecule has 0 aliphatic heterocycles. The molecule has 0 bridgehead atoms. The Morgan fingerprint density at radius 1 is 1.80 bits per heavy atom. The summed E-state index contributed by atoms with van der Waals surface area (Å²) in [6.45, 7) is 5.56. The molecule has 0 aromatic heterocycles. The van der Waals surface area contributed by atoms with Crippen LogP contribution < -0.4 is 5.43 Å². The van der Waals surface area contributed by atoms with Crippen molar-refractivity contribution in [1.29, 1.82) is 0 Å². The summed E-state index contributed by atoms with van der Waals surface area (Å²) in [6, 6.07) is 0. The minimum Gasteiger partial charge on any atom is -0.274 e. The van der Waals surface area contributed by atoms with Crippen LogP contribution in [0.15, 0.2) is 5.10 Å². The van der Waals surface area contributed by atoms with Crippen LogP contribution in [-0.2, 0) is 4.79 Å². The van der Waals surface area contributed by atoms with E-state index < -0.39 is 0 Å². The average molecular weight is 142 g/mol. The third-order valence-electron chi connectivity index (χ3n) is 1.19. The summed E-state index contributed by atoms with van der Waals surface area (Å²) in [7, 11) is 0. The number of amides is 1. The number of rotatable bonds is 3. The second-order valence-corrected chi connectivity index (χ2v) is 2.33. The van der Waals surface area contributed by atoms with Gasteiger partial charge in [-0.2, -0.15) is 5.10 Å². The second kappa shape index (κ2) is 4.97. The molecule has 10 heavy (non-hydrogen) atoms. The van der Waals surface area contributed by atoms with E-state index in [1.807, 2.05) is 6.92 Å². The van der Waals surface area contributed by atoms with Gasteiger partial charge < -0.3 is 0 Å². The molecule has 3 heteroatoms. The van der Waals surface area contributed by atoms with Crippen molar-refractivity contribution in [3.63, 3.8) is 0 Å². The van der Waals surface area contributed by atoms with Gasteiger partial charge in [-0.15, -0.1) is 0 Å². The highest BCUT2D eigenvalue weighted by Crippen LogP contribution is 1.93. The molecule has 1 atom stereocenters. The van der Waals surface area contributed by atoms with Crippen LogP contribution in [0, 0.1) is 5.92 Å². The first-order valence-corrected chi connectivity index (χ1v) is 3.46. The van der Waals surface area contributed by atoms with E-state index in [-0.39, 0.29) is 5.91 Å². The molecule has 0 heterocycles. The lowest BCUT2D eigenvalue weighted by Gasteiger charge is -1.97. The minimum absolute atomic E-state index is 0.125. The van der Waals surface area contributed by atoms with Crippen LogP contribution in [0.5, 0.6) is 0 Å².